The first-order chi connectivity index (χ1) is 14.5. The van der Waals surface area contributed by atoms with Gasteiger partial charge in [-0.05, 0) is 35.2 Å². The maximum atomic E-state index is 14.1. The zero-order chi connectivity index (χ0) is 21.0. The molecule has 4 rings (SSSR count). The number of anilines is 1. The summed E-state index contributed by atoms with van der Waals surface area (Å²) >= 11 is 1.19. The summed E-state index contributed by atoms with van der Waals surface area (Å²) in [4.78, 5) is 8.46. The maximum absolute atomic E-state index is 14.1. The summed E-state index contributed by atoms with van der Waals surface area (Å²) in [6, 6.07) is 13.8. The Bertz CT molecular complexity index is 1050. The van der Waals surface area contributed by atoms with Gasteiger partial charge in [0, 0.05) is 45.1 Å². The lowest BCUT2D eigenvalue weighted by molar-refractivity contribution is 0.186. The van der Waals surface area contributed by atoms with E-state index in [1.54, 1.807) is 42.0 Å². The van der Waals surface area contributed by atoms with Gasteiger partial charge in [0.2, 0.25) is 10.0 Å². The summed E-state index contributed by atoms with van der Waals surface area (Å²) in [5.74, 6) is -0.224. The van der Waals surface area contributed by atoms with Crippen LogP contribution < -0.4 is 9.62 Å². The molecule has 1 saturated heterocycles. The van der Waals surface area contributed by atoms with E-state index < -0.39 is 10.0 Å². The molecule has 1 aromatic carbocycles. The molecule has 30 heavy (non-hydrogen) atoms. The maximum Gasteiger partial charge on any atom is 0.250 e. The summed E-state index contributed by atoms with van der Waals surface area (Å²) in [6.07, 6.45) is 3.47. The minimum absolute atomic E-state index is 0.156. The van der Waals surface area contributed by atoms with Crippen LogP contribution in [-0.2, 0) is 10.0 Å². The fraction of sp³-hybridized carbons (Fsp3) is 0.286. The lowest BCUT2D eigenvalue weighted by Gasteiger charge is -2.40. The lowest BCUT2D eigenvalue weighted by atomic mass is 10.1. The van der Waals surface area contributed by atoms with Crippen LogP contribution in [0.1, 0.15) is 11.6 Å². The Hall–Kier alpha value is -2.33. The van der Waals surface area contributed by atoms with Crippen LogP contribution in [0.5, 0.6) is 0 Å². The number of para-hydroxylation sites is 1. The average Bonchev–Trinajstić information content (AvgIpc) is 3.32. The van der Waals surface area contributed by atoms with Crippen LogP contribution in [0, 0.1) is 5.82 Å². The number of hydrogen-bond donors (Lipinski definition) is 1. The Morgan fingerprint density at radius 2 is 1.87 bits per heavy atom. The smallest absolute Gasteiger partial charge is 0.250 e. The van der Waals surface area contributed by atoms with Crippen molar-refractivity contribution in [1.29, 1.82) is 0 Å². The molecular weight excluding hydrogens is 423 g/mol. The normalized spacial score (nSPS) is 16.5. The monoisotopic (exact) mass is 446 g/mol. The minimum Gasteiger partial charge on any atom is -0.367 e. The van der Waals surface area contributed by atoms with Gasteiger partial charge in [0.05, 0.1) is 11.7 Å². The summed E-state index contributed by atoms with van der Waals surface area (Å²) in [7, 11) is -3.56. The van der Waals surface area contributed by atoms with Crippen LogP contribution in [0.2, 0.25) is 0 Å². The van der Waals surface area contributed by atoms with E-state index in [4.69, 9.17) is 0 Å². The SMILES string of the molecule is O=S(=O)(NC[C@H](c1cccnc1)N1CCN(c2ccccc2F)CC1)c1cccs1. The van der Waals surface area contributed by atoms with Crippen molar-refractivity contribution in [3.8, 4) is 0 Å². The standard InChI is InChI=1S/C21H23FN4O2S2/c22-18-6-1-2-7-19(18)25-10-12-26(13-11-25)20(17-5-3-9-23-15-17)16-24-30(27,28)21-8-4-14-29-21/h1-9,14-15,20,24H,10-13,16H2/t20-/m1/s1. The first-order valence-electron chi connectivity index (χ1n) is 9.71. The molecule has 0 unspecified atom stereocenters. The highest BCUT2D eigenvalue weighted by molar-refractivity contribution is 7.91. The van der Waals surface area contributed by atoms with Gasteiger partial charge in [0.25, 0.3) is 0 Å². The zero-order valence-corrected chi connectivity index (χ0v) is 17.9. The number of hydrogen-bond acceptors (Lipinski definition) is 6. The Morgan fingerprint density at radius 1 is 1.07 bits per heavy atom. The lowest BCUT2D eigenvalue weighted by Crippen LogP contribution is -2.50. The molecule has 0 radical (unpaired) electrons. The molecule has 1 aliphatic heterocycles. The number of sulfonamides is 1. The van der Waals surface area contributed by atoms with Crippen LogP contribution in [-0.4, -0.2) is 51.0 Å². The van der Waals surface area contributed by atoms with Gasteiger partial charge in [-0.1, -0.05) is 24.3 Å². The third kappa shape index (κ3) is 4.70. The first kappa shape index (κ1) is 20.9. The summed E-state index contributed by atoms with van der Waals surface area (Å²) < 4.78 is 42.4. The summed E-state index contributed by atoms with van der Waals surface area (Å²) in [5, 5.41) is 1.75. The van der Waals surface area contributed by atoms with Crippen LogP contribution in [0.3, 0.4) is 0 Å². The van der Waals surface area contributed by atoms with Crippen molar-refractivity contribution in [1.82, 2.24) is 14.6 Å². The molecule has 0 saturated carbocycles. The Labute approximate surface area is 180 Å². The molecule has 0 bridgehead atoms. The van der Waals surface area contributed by atoms with Gasteiger partial charge in [0.1, 0.15) is 10.0 Å². The van der Waals surface area contributed by atoms with Crippen molar-refractivity contribution >= 4 is 27.0 Å². The quantitative estimate of drug-likeness (QED) is 0.604. The third-order valence-electron chi connectivity index (χ3n) is 5.24. The molecule has 2 aromatic heterocycles. The van der Waals surface area contributed by atoms with E-state index in [9.17, 15) is 12.8 Å². The molecule has 1 atom stereocenters. The number of benzene rings is 1. The van der Waals surface area contributed by atoms with Gasteiger partial charge in [-0.2, -0.15) is 0 Å². The van der Waals surface area contributed by atoms with Crippen LogP contribution in [0.15, 0.2) is 70.5 Å². The van der Waals surface area contributed by atoms with Crippen molar-refractivity contribution in [3.05, 3.63) is 77.7 Å². The number of aromatic nitrogens is 1. The van der Waals surface area contributed by atoms with Crippen LogP contribution >= 0.6 is 11.3 Å². The molecule has 1 aliphatic rings. The van der Waals surface area contributed by atoms with E-state index in [1.807, 2.05) is 23.1 Å². The summed E-state index contributed by atoms with van der Waals surface area (Å²) in [6.45, 7) is 2.94. The molecule has 0 aliphatic carbocycles. The largest absolute Gasteiger partial charge is 0.367 e. The third-order valence-corrected chi connectivity index (χ3v) is 8.07. The molecule has 1 N–H and O–H groups in total. The first-order valence-corrected chi connectivity index (χ1v) is 12.1. The van der Waals surface area contributed by atoms with Gasteiger partial charge in [-0.25, -0.2) is 17.5 Å². The second-order valence-electron chi connectivity index (χ2n) is 7.06. The molecule has 0 amide bonds. The van der Waals surface area contributed by atoms with Crippen molar-refractivity contribution in [2.24, 2.45) is 0 Å². The highest BCUT2D eigenvalue weighted by atomic mass is 32.2. The highest BCUT2D eigenvalue weighted by Gasteiger charge is 2.28. The van der Waals surface area contributed by atoms with Crippen molar-refractivity contribution in [2.45, 2.75) is 10.3 Å². The zero-order valence-electron chi connectivity index (χ0n) is 16.3. The van der Waals surface area contributed by atoms with Gasteiger partial charge >= 0.3 is 0 Å². The Kier molecular flexibility index (Phi) is 6.43. The number of nitrogens with zero attached hydrogens (tertiary/aromatic N) is 3. The second-order valence-corrected chi connectivity index (χ2v) is 10.0. The average molecular weight is 447 g/mol. The Balaban J connectivity index is 1.48. The predicted octanol–water partition coefficient (Wildman–Crippen LogP) is 3.12. The van der Waals surface area contributed by atoms with E-state index in [1.165, 1.54) is 17.4 Å². The van der Waals surface area contributed by atoms with Gasteiger partial charge in [-0.3, -0.25) is 9.88 Å². The number of nitrogens with one attached hydrogen (secondary N) is 1. The number of pyridine rings is 1. The van der Waals surface area contributed by atoms with Crippen molar-refractivity contribution in [3.63, 3.8) is 0 Å². The molecular formula is C21H23FN4O2S2. The predicted molar refractivity (Wildman–Crippen MR) is 117 cm³/mol. The molecule has 1 fully saturated rings. The molecule has 3 heterocycles. The van der Waals surface area contributed by atoms with Gasteiger partial charge < -0.3 is 4.90 Å². The van der Waals surface area contributed by atoms with E-state index in [0.29, 0.717) is 36.1 Å². The fourth-order valence-corrected chi connectivity index (χ4v) is 5.77. The van der Waals surface area contributed by atoms with Crippen LogP contribution in [0.25, 0.3) is 0 Å². The second kappa shape index (κ2) is 9.22. The van der Waals surface area contributed by atoms with Crippen molar-refractivity contribution in [2.75, 3.05) is 37.6 Å². The van der Waals surface area contributed by atoms with Crippen molar-refractivity contribution < 1.29 is 12.8 Å². The fourth-order valence-electron chi connectivity index (χ4n) is 3.69. The van der Waals surface area contributed by atoms with Crippen LogP contribution in [0.4, 0.5) is 10.1 Å². The molecule has 0 spiro atoms. The van der Waals surface area contributed by atoms with E-state index in [-0.39, 0.29) is 18.4 Å². The minimum atomic E-state index is -3.56. The van der Waals surface area contributed by atoms with Gasteiger partial charge in [-0.15, -0.1) is 11.3 Å². The van der Waals surface area contributed by atoms with Gasteiger partial charge in [0.15, 0.2) is 0 Å². The molecule has 9 heteroatoms. The number of halogens is 1. The van der Waals surface area contributed by atoms with E-state index in [0.717, 1.165) is 5.56 Å². The van der Waals surface area contributed by atoms with E-state index in [2.05, 4.69) is 14.6 Å². The molecule has 158 valence electrons. The molecule has 3 aromatic rings. The number of thiophene rings is 1. The molecule has 6 nitrogen and oxygen atoms in total. The number of piperazine rings is 1. The number of rotatable bonds is 7. The van der Waals surface area contributed by atoms with E-state index >= 15 is 0 Å². The highest BCUT2D eigenvalue weighted by Crippen LogP contribution is 2.26. The Morgan fingerprint density at radius 3 is 2.53 bits per heavy atom. The topological polar surface area (TPSA) is 65.5 Å². The summed E-state index contributed by atoms with van der Waals surface area (Å²) in [5.41, 5.74) is 1.55.